The van der Waals surface area contributed by atoms with E-state index in [2.05, 4.69) is 25.3 Å². The van der Waals surface area contributed by atoms with Crippen LogP contribution in [0, 0.1) is 0 Å². The zero-order chi connectivity index (χ0) is 21.7. The maximum Gasteiger partial charge on any atom is 0.573 e. The Labute approximate surface area is 177 Å². The lowest BCUT2D eigenvalue weighted by Gasteiger charge is -2.11. The number of benzene rings is 2. The maximum absolute atomic E-state index is 12.2. The number of aromatic nitrogens is 2. The van der Waals surface area contributed by atoms with Crippen LogP contribution in [-0.2, 0) is 0 Å². The average molecular weight is 459 g/mol. The van der Waals surface area contributed by atoms with Crippen LogP contribution in [0.1, 0.15) is 0 Å². The molecule has 0 bridgehead atoms. The van der Waals surface area contributed by atoms with E-state index in [4.69, 9.17) is 27.9 Å². The van der Waals surface area contributed by atoms with Crippen LogP contribution >= 0.6 is 23.2 Å². The zero-order valence-electron chi connectivity index (χ0n) is 14.7. The lowest BCUT2D eigenvalue weighted by Crippen LogP contribution is -2.19. The third-order valence-corrected chi connectivity index (χ3v) is 3.70. The van der Waals surface area contributed by atoms with Crippen molar-refractivity contribution in [2.45, 2.75) is 6.36 Å². The second-order valence-corrected chi connectivity index (χ2v) is 6.35. The molecule has 0 saturated heterocycles. The highest BCUT2D eigenvalue weighted by Crippen LogP contribution is 2.25. The number of ether oxygens (including phenoxy) is 2. The van der Waals surface area contributed by atoms with Gasteiger partial charge in [-0.15, -0.1) is 13.2 Å². The van der Waals surface area contributed by atoms with E-state index in [1.165, 1.54) is 18.2 Å². The molecule has 3 rings (SSSR count). The minimum absolute atomic E-state index is 0.0381. The summed E-state index contributed by atoms with van der Waals surface area (Å²) in [5.74, 6) is -0.0198. The quantitative estimate of drug-likeness (QED) is 0.450. The van der Waals surface area contributed by atoms with Crippen molar-refractivity contribution in [1.82, 2.24) is 9.97 Å². The standard InChI is InChI=1S/C18H11Cl2F3N4O3/c19-14-9-15(20)27-17(26-14)29-12-5-1-10(2-6-12)24-16(28)25-11-3-7-13(8-4-11)30-18(21,22)23/h1-9H,(H2,24,25,28). The number of carbonyl (C=O) groups is 1. The first-order valence-electron chi connectivity index (χ1n) is 8.08. The Kier molecular flexibility index (Phi) is 6.48. The monoisotopic (exact) mass is 458 g/mol. The molecule has 0 aliphatic heterocycles. The van der Waals surface area contributed by atoms with Crippen molar-refractivity contribution in [3.8, 4) is 17.5 Å². The van der Waals surface area contributed by atoms with E-state index >= 15 is 0 Å². The Hall–Kier alpha value is -3.24. The second-order valence-electron chi connectivity index (χ2n) is 5.57. The van der Waals surface area contributed by atoms with Crippen LogP contribution in [0.2, 0.25) is 10.3 Å². The van der Waals surface area contributed by atoms with E-state index < -0.39 is 18.1 Å². The Morgan fingerprint density at radius 3 is 1.77 bits per heavy atom. The Morgan fingerprint density at radius 1 is 0.833 bits per heavy atom. The summed E-state index contributed by atoms with van der Waals surface area (Å²) >= 11 is 11.6. The number of rotatable bonds is 5. The summed E-state index contributed by atoms with van der Waals surface area (Å²) in [6, 6.07) is 11.7. The van der Waals surface area contributed by atoms with Gasteiger partial charge in [-0.25, -0.2) is 4.79 Å². The van der Waals surface area contributed by atoms with Crippen LogP contribution in [0.15, 0.2) is 54.6 Å². The molecule has 7 nitrogen and oxygen atoms in total. The van der Waals surface area contributed by atoms with Gasteiger partial charge in [0.05, 0.1) is 0 Å². The Bertz CT molecular complexity index is 1010. The lowest BCUT2D eigenvalue weighted by atomic mass is 10.3. The van der Waals surface area contributed by atoms with Gasteiger partial charge >= 0.3 is 18.4 Å². The summed E-state index contributed by atoms with van der Waals surface area (Å²) in [5, 5.41) is 5.29. The van der Waals surface area contributed by atoms with Crippen molar-refractivity contribution in [3.63, 3.8) is 0 Å². The van der Waals surface area contributed by atoms with Crippen LogP contribution in [0.3, 0.4) is 0 Å². The van der Waals surface area contributed by atoms with Crippen molar-refractivity contribution >= 4 is 40.6 Å². The number of carbonyl (C=O) groups excluding carboxylic acids is 1. The van der Waals surface area contributed by atoms with Crippen molar-refractivity contribution in [2.24, 2.45) is 0 Å². The van der Waals surface area contributed by atoms with Crippen LogP contribution in [-0.4, -0.2) is 22.4 Å². The molecule has 0 radical (unpaired) electrons. The van der Waals surface area contributed by atoms with Gasteiger partial charge < -0.3 is 20.1 Å². The smallest absolute Gasteiger partial charge is 0.424 e. The molecule has 0 spiro atoms. The van der Waals surface area contributed by atoms with Gasteiger partial charge in [0.2, 0.25) is 0 Å². The van der Waals surface area contributed by atoms with Crippen molar-refractivity contribution in [2.75, 3.05) is 10.6 Å². The van der Waals surface area contributed by atoms with Gasteiger partial charge in [-0.1, -0.05) is 23.2 Å². The van der Waals surface area contributed by atoms with Gasteiger partial charge in [-0.2, -0.15) is 9.97 Å². The fourth-order valence-corrected chi connectivity index (χ4v) is 2.57. The highest BCUT2D eigenvalue weighted by molar-refractivity contribution is 6.33. The summed E-state index contributed by atoms with van der Waals surface area (Å²) in [6.45, 7) is 0. The van der Waals surface area contributed by atoms with Gasteiger partial charge in [0.25, 0.3) is 0 Å². The number of hydrogen-bond donors (Lipinski definition) is 2. The number of hydrogen-bond acceptors (Lipinski definition) is 5. The molecule has 12 heteroatoms. The fraction of sp³-hybridized carbons (Fsp3) is 0.0556. The largest absolute Gasteiger partial charge is 0.573 e. The van der Waals surface area contributed by atoms with E-state index in [0.29, 0.717) is 11.4 Å². The number of amides is 2. The SMILES string of the molecule is O=C(Nc1ccc(Oc2nc(Cl)cc(Cl)n2)cc1)Nc1ccc(OC(F)(F)F)cc1. The number of halogens is 5. The molecule has 0 saturated carbocycles. The molecule has 0 fully saturated rings. The molecule has 1 aromatic heterocycles. The van der Waals surface area contributed by atoms with Crippen molar-refractivity contribution in [1.29, 1.82) is 0 Å². The number of nitrogens with one attached hydrogen (secondary N) is 2. The van der Waals surface area contributed by atoms with Gasteiger partial charge in [0, 0.05) is 17.4 Å². The normalized spacial score (nSPS) is 11.0. The third-order valence-electron chi connectivity index (χ3n) is 3.31. The first-order chi connectivity index (χ1) is 14.2. The number of anilines is 2. The predicted octanol–water partition coefficient (Wildman–Crippen LogP) is 6.12. The summed E-state index contributed by atoms with van der Waals surface area (Å²) < 4.78 is 45.6. The van der Waals surface area contributed by atoms with Crippen LogP contribution < -0.4 is 20.1 Å². The summed E-state index contributed by atoms with van der Waals surface area (Å²) in [5.41, 5.74) is 0.707. The number of urea groups is 1. The Morgan fingerprint density at radius 2 is 1.30 bits per heavy atom. The number of alkyl halides is 3. The molecule has 156 valence electrons. The molecule has 0 atom stereocenters. The van der Waals surface area contributed by atoms with Crippen LogP contribution in [0.5, 0.6) is 17.5 Å². The molecule has 30 heavy (non-hydrogen) atoms. The molecule has 1 heterocycles. The van der Waals surface area contributed by atoms with Gasteiger partial charge in [-0.3, -0.25) is 0 Å². The molecule has 0 aliphatic carbocycles. The lowest BCUT2D eigenvalue weighted by molar-refractivity contribution is -0.274. The van der Waals surface area contributed by atoms with E-state index in [1.807, 2.05) is 0 Å². The van der Waals surface area contributed by atoms with E-state index in [1.54, 1.807) is 24.3 Å². The van der Waals surface area contributed by atoms with Crippen LogP contribution in [0.25, 0.3) is 0 Å². The van der Waals surface area contributed by atoms with Gasteiger partial charge in [0.15, 0.2) is 0 Å². The highest BCUT2D eigenvalue weighted by Gasteiger charge is 2.30. The fourth-order valence-electron chi connectivity index (χ4n) is 2.16. The summed E-state index contributed by atoms with van der Waals surface area (Å²) in [6.07, 6.45) is -4.78. The first kappa shape index (κ1) is 21.5. The minimum Gasteiger partial charge on any atom is -0.424 e. The summed E-state index contributed by atoms with van der Waals surface area (Å²) in [7, 11) is 0. The molecule has 2 N–H and O–H groups in total. The third kappa shape index (κ3) is 6.68. The first-order valence-corrected chi connectivity index (χ1v) is 8.84. The number of nitrogens with zero attached hydrogens (tertiary/aromatic N) is 2. The van der Waals surface area contributed by atoms with Gasteiger partial charge in [-0.05, 0) is 48.5 Å². The molecule has 2 aromatic carbocycles. The topological polar surface area (TPSA) is 85.4 Å². The molecule has 3 aromatic rings. The molecular weight excluding hydrogens is 448 g/mol. The molecule has 0 unspecified atom stereocenters. The summed E-state index contributed by atoms with van der Waals surface area (Å²) in [4.78, 5) is 19.8. The van der Waals surface area contributed by atoms with E-state index in [-0.39, 0.29) is 22.0 Å². The van der Waals surface area contributed by atoms with E-state index in [0.717, 1.165) is 12.1 Å². The molecule has 0 aliphatic rings. The van der Waals surface area contributed by atoms with Crippen molar-refractivity contribution < 1.29 is 27.4 Å². The molecular formula is C18H11Cl2F3N4O3. The zero-order valence-corrected chi connectivity index (χ0v) is 16.2. The highest BCUT2D eigenvalue weighted by atomic mass is 35.5. The molecule has 2 amide bonds. The van der Waals surface area contributed by atoms with Crippen LogP contribution in [0.4, 0.5) is 29.3 Å². The minimum atomic E-state index is -4.78. The van der Waals surface area contributed by atoms with Crippen molar-refractivity contribution in [3.05, 3.63) is 64.9 Å². The van der Waals surface area contributed by atoms with Gasteiger partial charge in [0.1, 0.15) is 21.8 Å². The second kappa shape index (κ2) is 9.06. The Balaban J connectivity index is 1.55. The predicted molar refractivity (Wildman–Crippen MR) is 104 cm³/mol. The van der Waals surface area contributed by atoms with E-state index in [9.17, 15) is 18.0 Å². The maximum atomic E-state index is 12.2. The average Bonchev–Trinajstić information content (AvgIpc) is 2.63.